The number of rotatable bonds is 5. The highest BCUT2D eigenvalue weighted by Crippen LogP contribution is 2.25. The highest BCUT2D eigenvalue weighted by molar-refractivity contribution is 7.14. The van der Waals surface area contributed by atoms with E-state index in [4.69, 9.17) is 0 Å². The Bertz CT molecular complexity index is 823. The molecule has 1 aromatic carbocycles. The third-order valence-electron chi connectivity index (χ3n) is 5.37. The number of carbonyl (C=O) groups excluding carboxylic acids is 2. The summed E-state index contributed by atoms with van der Waals surface area (Å²) in [5.74, 6) is 0.268. The number of hydrogen-bond donors (Lipinski definition) is 0. The maximum Gasteiger partial charge on any atom is 0.228 e. The Kier molecular flexibility index (Phi) is 6.02. The lowest BCUT2D eigenvalue weighted by Crippen LogP contribution is -2.36. The summed E-state index contributed by atoms with van der Waals surface area (Å²) in [6.07, 6.45) is 2.79. The van der Waals surface area contributed by atoms with Crippen LogP contribution in [-0.2, 0) is 22.6 Å². The standard InChI is InChI=1S/C21H26N4O2S/c26-19-8-4-11-25(19)21-22-18(16-28-21)14-20(27)24-10-5-9-23(12-13-24)15-17-6-2-1-3-7-17/h1-3,6-7,16H,4-5,8-15H2. The van der Waals surface area contributed by atoms with Gasteiger partial charge in [0.25, 0.3) is 0 Å². The van der Waals surface area contributed by atoms with Crippen LogP contribution in [0.2, 0.25) is 0 Å². The molecule has 4 rings (SSSR count). The van der Waals surface area contributed by atoms with Gasteiger partial charge in [0, 0.05) is 51.1 Å². The minimum absolute atomic E-state index is 0.131. The average molecular weight is 399 g/mol. The zero-order valence-corrected chi connectivity index (χ0v) is 16.9. The van der Waals surface area contributed by atoms with E-state index in [0.29, 0.717) is 12.8 Å². The maximum absolute atomic E-state index is 12.8. The molecule has 0 atom stereocenters. The van der Waals surface area contributed by atoms with E-state index in [1.54, 1.807) is 4.90 Å². The van der Waals surface area contributed by atoms with Crippen molar-refractivity contribution in [2.24, 2.45) is 0 Å². The lowest BCUT2D eigenvalue weighted by molar-refractivity contribution is -0.130. The molecule has 2 aliphatic heterocycles. The highest BCUT2D eigenvalue weighted by Gasteiger charge is 2.25. The molecule has 0 unspecified atom stereocenters. The van der Waals surface area contributed by atoms with Crippen molar-refractivity contribution in [2.75, 3.05) is 37.6 Å². The third-order valence-corrected chi connectivity index (χ3v) is 6.28. The summed E-state index contributed by atoms with van der Waals surface area (Å²) < 4.78 is 0. The maximum atomic E-state index is 12.8. The van der Waals surface area contributed by atoms with Gasteiger partial charge < -0.3 is 4.90 Å². The van der Waals surface area contributed by atoms with Gasteiger partial charge in [-0.05, 0) is 18.4 Å². The van der Waals surface area contributed by atoms with Gasteiger partial charge in [0.15, 0.2) is 5.13 Å². The van der Waals surface area contributed by atoms with Crippen molar-refractivity contribution < 1.29 is 9.59 Å². The van der Waals surface area contributed by atoms with Gasteiger partial charge in [0.2, 0.25) is 11.8 Å². The van der Waals surface area contributed by atoms with Gasteiger partial charge in [-0.1, -0.05) is 30.3 Å². The molecule has 6 nitrogen and oxygen atoms in total. The van der Waals surface area contributed by atoms with Crippen LogP contribution in [-0.4, -0.2) is 59.3 Å². The fraction of sp³-hybridized carbons (Fsp3) is 0.476. The van der Waals surface area contributed by atoms with Crippen LogP contribution in [0.25, 0.3) is 0 Å². The van der Waals surface area contributed by atoms with Crippen molar-refractivity contribution >= 4 is 28.3 Å². The zero-order chi connectivity index (χ0) is 19.3. The summed E-state index contributed by atoms with van der Waals surface area (Å²) in [5.41, 5.74) is 2.09. The molecule has 0 spiro atoms. The Morgan fingerprint density at radius 1 is 1.04 bits per heavy atom. The van der Waals surface area contributed by atoms with E-state index >= 15 is 0 Å². The van der Waals surface area contributed by atoms with Crippen LogP contribution in [0.15, 0.2) is 35.7 Å². The molecule has 2 saturated heterocycles. The SMILES string of the molecule is O=C(Cc1csc(N2CCCC2=O)n1)N1CCCN(Cc2ccccc2)CC1. The molecule has 1 aromatic heterocycles. The van der Waals surface area contributed by atoms with E-state index in [9.17, 15) is 9.59 Å². The molecule has 2 fully saturated rings. The Morgan fingerprint density at radius 3 is 2.68 bits per heavy atom. The van der Waals surface area contributed by atoms with Gasteiger partial charge in [-0.2, -0.15) is 0 Å². The summed E-state index contributed by atoms with van der Waals surface area (Å²) in [7, 11) is 0. The minimum atomic E-state index is 0.131. The first kappa shape index (κ1) is 19.1. The number of nitrogens with zero attached hydrogens (tertiary/aromatic N) is 4. The van der Waals surface area contributed by atoms with Crippen LogP contribution in [0, 0.1) is 0 Å². The van der Waals surface area contributed by atoms with E-state index in [1.807, 2.05) is 16.3 Å². The topological polar surface area (TPSA) is 56.8 Å². The van der Waals surface area contributed by atoms with Crippen LogP contribution in [0.3, 0.4) is 0 Å². The molecule has 2 aliphatic rings. The molecule has 0 bridgehead atoms. The number of thiazole rings is 1. The van der Waals surface area contributed by atoms with Crippen LogP contribution in [0.4, 0.5) is 5.13 Å². The van der Waals surface area contributed by atoms with Gasteiger partial charge in [-0.25, -0.2) is 4.98 Å². The van der Waals surface area contributed by atoms with E-state index in [-0.39, 0.29) is 11.8 Å². The highest BCUT2D eigenvalue weighted by atomic mass is 32.1. The number of aromatic nitrogens is 1. The summed E-state index contributed by atoms with van der Waals surface area (Å²) >= 11 is 1.46. The molecule has 0 aliphatic carbocycles. The lowest BCUT2D eigenvalue weighted by Gasteiger charge is -2.22. The molecule has 2 amide bonds. The molecule has 148 valence electrons. The van der Waals surface area contributed by atoms with Gasteiger partial charge in [0.05, 0.1) is 12.1 Å². The summed E-state index contributed by atoms with van der Waals surface area (Å²) in [5, 5.41) is 2.65. The van der Waals surface area contributed by atoms with Gasteiger partial charge in [-0.15, -0.1) is 11.3 Å². The monoisotopic (exact) mass is 398 g/mol. The molecular formula is C21H26N4O2S. The first-order valence-electron chi connectivity index (χ1n) is 9.98. The Labute approximate surface area is 169 Å². The lowest BCUT2D eigenvalue weighted by atomic mass is 10.2. The smallest absolute Gasteiger partial charge is 0.228 e. The number of benzene rings is 1. The molecule has 2 aromatic rings. The fourth-order valence-corrected chi connectivity index (χ4v) is 4.71. The summed E-state index contributed by atoms with van der Waals surface area (Å²) in [6, 6.07) is 10.5. The quantitative estimate of drug-likeness (QED) is 0.777. The van der Waals surface area contributed by atoms with Crippen molar-refractivity contribution in [1.82, 2.24) is 14.8 Å². The summed E-state index contributed by atoms with van der Waals surface area (Å²) in [4.78, 5) is 35.3. The molecule has 0 N–H and O–H groups in total. The Hall–Kier alpha value is -2.25. The molecule has 0 saturated carbocycles. The van der Waals surface area contributed by atoms with E-state index in [2.05, 4.69) is 34.1 Å². The van der Waals surface area contributed by atoms with Crippen LogP contribution in [0.5, 0.6) is 0 Å². The second kappa shape index (κ2) is 8.84. The van der Waals surface area contributed by atoms with E-state index in [0.717, 1.165) is 62.9 Å². The average Bonchev–Trinajstić information content (AvgIpc) is 3.26. The number of hydrogen-bond acceptors (Lipinski definition) is 5. The van der Waals surface area contributed by atoms with Crippen LogP contribution >= 0.6 is 11.3 Å². The zero-order valence-electron chi connectivity index (χ0n) is 16.0. The van der Waals surface area contributed by atoms with Crippen molar-refractivity contribution in [3.8, 4) is 0 Å². The Balaban J connectivity index is 1.30. The van der Waals surface area contributed by atoms with Crippen molar-refractivity contribution in [2.45, 2.75) is 32.2 Å². The van der Waals surface area contributed by atoms with Crippen molar-refractivity contribution in [1.29, 1.82) is 0 Å². The van der Waals surface area contributed by atoms with Crippen molar-refractivity contribution in [3.05, 3.63) is 47.0 Å². The second-order valence-corrected chi connectivity index (χ2v) is 8.28. The van der Waals surface area contributed by atoms with Crippen LogP contribution in [0.1, 0.15) is 30.5 Å². The van der Waals surface area contributed by atoms with Gasteiger partial charge in [-0.3, -0.25) is 19.4 Å². The molecular weight excluding hydrogens is 372 g/mol. The molecule has 0 radical (unpaired) electrons. The normalized spacial score (nSPS) is 18.5. The predicted molar refractivity (Wildman–Crippen MR) is 110 cm³/mol. The molecule has 3 heterocycles. The first-order chi connectivity index (χ1) is 13.7. The van der Waals surface area contributed by atoms with Gasteiger partial charge in [0.1, 0.15) is 0 Å². The molecule has 7 heteroatoms. The number of carbonyl (C=O) groups is 2. The van der Waals surface area contributed by atoms with E-state index in [1.165, 1.54) is 16.9 Å². The largest absolute Gasteiger partial charge is 0.341 e. The predicted octanol–water partition coefficient (Wildman–Crippen LogP) is 2.55. The van der Waals surface area contributed by atoms with Crippen molar-refractivity contribution in [3.63, 3.8) is 0 Å². The van der Waals surface area contributed by atoms with Gasteiger partial charge >= 0.3 is 0 Å². The Morgan fingerprint density at radius 2 is 1.89 bits per heavy atom. The number of amides is 2. The second-order valence-electron chi connectivity index (χ2n) is 7.44. The fourth-order valence-electron chi connectivity index (χ4n) is 3.84. The number of anilines is 1. The van der Waals surface area contributed by atoms with Crippen LogP contribution < -0.4 is 4.90 Å². The third kappa shape index (κ3) is 4.59. The van der Waals surface area contributed by atoms with E-state index < -0.39 is 0 Å². The first-order valence-corrected chi connectivity index (χ1v) is 10.9. The summed E-state index contributed by atoms with van der Waals surface area (Å²) in [6.45, 7) is 5.13. The molecule has 28 heavy (non-hydrogen) atoms. The minimum Gasteiger partial charge on any atom is -0.341 e.